The standard InChI is InChI=1S/C18H25ClN2O2/c1-18(2,3)23-17(22)21-10-15-14(16(15)11-21)9-20-8-12-4-6-13(19)7-5-12/h4-7,14-16,20H,8-11H2,1-3H3/t14?,15-,16+. The summed E-state index contributed by atoms with van der Waals surface area (Å²) in [6, 6.07) is 7.94. The molecule has 1 N–H and O–H groups in total. The molecule has 1 amide bonds. The minimum atomic E-state index is -0.413. The van der Waals surface area contributed by atoms with Gasteiger partial charge in [0.2, 0.25) is 0 Å². The third-order valence-corrected chi connectivity index (χ3v) is 4.90. The van der Waals surface area contributed by atoms with Crippen LogP contribution < -0.4 is 5.32 Å². The summed E-state index contributed by atoms with van der Waals surface area (Å²) in [6.07, 6.45) is -0.169. The van der Waals surface area contributed by atoms with Gasteiger partial charge in [-0.3, -0.25) is 0 Å². The number of hydrogen-bond donors (Lipinski definition) is 1. The van der Waals surface area contributed by atoms with E-state index in [9.17, 15) is 4.79 Å². The predicted molar refractivity (Wildman–Crippen MR) is 91.4 cm³/mol. The van der Waals surface area contributed by atoms with Crippen molar-refractivity contribution in [2.45, 2.75) is 32.9 Å². The number of fused-ring (bicyclic) bond motifs is 1. The quantitative estimate of drug-likeness (QED) is 0.914. The molecule has 23 heavy (non-hydrogen) atoms. The number of benzene rings is 1. The Hall–Kier alpha value is -1.26. The maximum atomic E-state index is 12.0. The Morgan fingerprint density at radius 1 is 1.26 bits per heavy atom. The first kappa shape index (κ1) is 16.6. The van der Waals surface area contributed by atoms with Crippen LogP contribution >= 0.6 is 11.6 Å². The molecule has 2 fully saturated rings. The predicted octanol–water partition coefficient (Wildman–Crippen LogP) is 3.54. The van der Waals surface area contributed by atoms with Crippen molar-refractivity contribution in [2.75, 3.05) is 19.6 Å². The van der Waals surface area contributed by atoms with Gasteiger partial charge in [0.15, 0.2) is 0 Å². The van der Waals surface area contributed by atoms with Crippen LogP contribution in [0, 0.1) is 17.8 Å². The molecule has 126 valence electrons. The van der Waals surface area contributed by atoms with E-state index in [-0.39, 0.29) is 6.09 Å². The average Bonchev–Trinajstić information content (AvgIpc) is 2.91. The van der Waals surface area contributed by atoms with Crippen LogP contribution in [0.4, 0.5) is 4.79 Å². The maximum absolute atomic E-state index is 12.0. The normalized spacial score (nSPS) is 26.1. The highest BCUT2D eigenvalue weighted by atomic mass is 35.5. The van der Waals surface area contributed by atoms with Crippen LogP contribution in [0.15, 0.2) is 24.3 Å². The van der Waals surface area contributed by atoms with Gasteiger partial charge in [-0.2, -0.15) is 0 Å². The molecule has 1 saturated heterocycles. The van der Waals surface area contributed by atoms with Crippen molar-refractivity contribution in [1.29, 1.82) is 0 Å². The molecule has 1 aliphatic carbocycles. The van der Waals surface area contributed by atoms with E-state index in [2.05, 4.69) is 5.32 Å². The third kappa shape index (κ3) is 4.18. The summed E-state index contributed by atoms with van der Waals surface area (Å²) in [5, 5.41) is 4.29. The molecule has 1 aromatic rings. The first-order valence-corrected chi connectivity index (χ1v) is 8.64. The smallest absolute Gasteiger partial charge is 0.410 e. The summed E-state index contributed by atoms with van der Waals surface area (Å²) >= 11 is 5.89. The fraction of sp³-hybridized carbons (Fsp3) is 0.611. The first-order valence-electron chi connectivity index (χ1n) is 8.26. The van der Waals surface area contributed by atoms with Gasteiger partial charge in [-0.15, -0.1) is 0 Å². The molecule has 1 heterocycles. The van der Waals surface area contributed by atoms with E-state index >= 15 is 0 Å². The number of nitrogens with one attached hydrogen (secondary N) is 1. The molecule has 3 rings (SSSR count). The molecule has 1 aromatic carbocycles. The maximum Gasteiger partial charge on any atom is 0.410 e. The van der Waals surface area contributed by atoms with E-state index in [4.69, 9.17) is 16.3 Å². The number of amides is 1. The topological polar surface area (TPSA) is 41.6 Å². The summed E-state index contributed by atoms with van der Waals surface area (Å²) < 4.78 is 5.43. The Labute approximate surface area is 143 Å². The van der Waals surface area contributed by atoms with E-state index in [1.54, 1.807) is 0 Å². The molecule has 5 heteroatoms. The van der Waals surface area contributed by atoms with Gasteiger partial charge in [-0.05, 0) is 62.8 Å². The van der Waals surface area contributed by atoms with Crippen LogP contribution in [0.25, 0.3) is 0 Å². The number of halogens is 1. The zero-order valence-corrected chi connectivity index (χ0v) is 14.8. The molecule has 1 aliphatic heterocycles. The van der Waals surface area contributed by atoms with Crippen LogP contribution in [-0.4, -0.2) is 36.2 Å². The van der Waals surface area contributed by atoms with Crippen LogP contribution in [0.5, 0.6) is 0 Å². The number of carbonyl (C=O) groups excluding carboxylic acids is 1. The van der Waals surface area contributed by atoms with Gasteiger partial charge >= 0.3 is 6.09 Å². The van der Waals surface area contributed by atoms with Gasteiger partial charge in [-0.1, -0.05) is 23.7 Å². The number of piperidine rings is 1. The Balaban J connectivity index is 1.37. The molecule has 3 atom stereocenters. The number of hydrogen-bond acceptors (Lipinski definition) is 3. The van der Waals surface area contributed by atoms with Crippen molar-refractivity contribution >= 4 is 17.7 Å². The van der Waals surface area contributed by atoms with Gasteiger partial charge < -0.3 is 15.0 Å². The summed E-state index contributed by atoms with van der Waals surface area (Å²) in [5.74, 6) is 1.97. The fourth-order valence-corrected chi connectivity index (χ4v) is 3.54. The number of ether oxygens (including phenoxy) is 1. The molecular formula is C18H25ClN2O2. The second-order valence-electron chi connectivity index (χ2n) is 7.63. The third-order valence-electron chi connectivity index (χ3n) is 4.65. The van der Waals surface area contributed by atoms with E-state index in [1.807, 2.05) is 49.9 Å². The van der Waals surface area contributed by atoms with E-state index < -0.39 is 5.60 Å². The first-order chi connectivity index (χ1) is 10.8. The highest BCUT2D eigenvalue weighted by Crippen LogP contribution is 2.51. The Bertz CT molecular complexity index is 555. The van der Waals surface area contributed by atoms with E-state index in [0.29, 0.717) is 17.8 Å². The van der Waals surface area contributed by atoms with Crippen molar-refractivity contribution in [2.24, 2.45) is 17.8 Å². The largest absolute Gasteiger partial charge is 0.444 e. The average molecular weight is 337 g/mol. The van der Waals surface area contributed by atoms with Gasteiger partial charge in [0.05, 0.1) is 0 Å². The van der Waals surface area contributed by atoms with Crippen LogP contribution in [0.3, 0.4) is 0 Å². The summed E-state index contributed by atoms with van der Waals surface area (Å²) in [5.41, 5.74) is 0.833. The molecule has 0 spiro atoms. The number of carbonyl (C=O) groups is 1. The summed E-state index contributed by atoms with van der Waals surface area (Å²) in [4.78, 5) is 13.9. The molecule has 1 saturated carbocycles. The van der Waals surface area contributed by atoms with Gasteiger partial charge in [0, 0.05) is 24.7 Å². The summed E-state index contributed by atoms with van der Waals surface area (Å²) in [7, 11) is 0. The van der Waals surface area contributed by atoms with Crippen LogP contribution in [0.1, 0.15) is 26.3 Å². The van der Waals surface area contributed by atoms with E-state index in [0.717, 1.165) is 31.2 Å². The monoisotopic (exact) mass is 336 g/mol. The second kappa shape index (κ2) is 6.33. The number of likely N-dealkylation sites (tertiary alicyclic amines) is 1. The van der Waals surface area contributed by atoms with Crippen molar-refractivity contribution in [3.05, 3.63) is 34.9 Å². The highest BCUT2D eigenvalue weighted by molar-refractivity contribution is 6.30. The second-order valence-corrected chi connectivity index (χ2v) is 8.07. The van der Waals surface area contributed by atoms with E-state index in [1.165, 1.54) is 5.56 Å². The molecule has 1 unspecified atom stereocenters. The SMILES string of the molecule is CC(C)(C)OC(=O)N1C[C@@H]2C(CNCc3ccc(Cl)cc3)[C@@H]2C1. The van der Waals surface area contributed by atoms with Crippen molar-refractivity contribution in [1.82, 2.24) is 10.2 Å². The lowest BCUT2D eigenvalue weighted by atomic mass is 10.2. The van der Waals surface area contributed by atoms with Gasteiger partial charge in [-0.25, -0.2) is 4.79 Å². The number of nitrogens with zero attached hydrogens (tertiary/aromatic N) is 1. The highest BCUT2D eigenvalue weighted by Gasteiger charge is 2.56. The molecule has 0 radical (unpaired) electrons. The fourth-order valence-electron chi connectivity index (χ4n) is 3.41. The molecule has 0 bridgehead atoms. The number of rotatable bonds is 4. The van der Waals surface area contributed by atoms with Crippen molar-refractivity contribution < 1.29 is 9.53 Å². The molecule has 0 aromatic heterocycles. The zero-order chi connectivity index (χ0) is 16.6. The van der Waals surface area contributed by atoms with Crippen LogP contribution in [-0.2, 0) is 11.3 Å². The van der Waals surface area contributed by atoms with Crippen LogP contribution in [0.2, 0.25) is 5.02 Å². The zero-order valence-electron chi connectivity index (χ0n) is 14.0. The summed E-state index contributed by atoms with van der Waals surface area (Å²) in [6.45, 7) is 9.28. The Kier molecular flexibility index (Phi) is 4.56. The lowest BCUT2D eigenvalue weighted by molar-refractivity contribution is 0.0265. The lowest BCUT2D eigenvalue weighted by Crippen LogP contribution is -2.37. The Morgan fingerprint density at radius 2 is 1.87 bits per heavy atom. The van der Waals surface area contributed by atoms with Gasteiger partial charge in [0.1, 0.15) is 5.60 Å². The van der Waals surface area contributed by atoms with Crippen molar-refractivity contribution in [3.8, 4) is 0 Å². The Morgan fingerprint density at radius 3 is 2.43 bits per heavy atom. The minimum Gasteiger partial charge on any atom is -0.444 e. The molecule has 4 nitrogen and oxygen atoms in total. The van der Waals surface area contributed by atoms with Crippen molar-refractivity contribution in [3.63, 3.8) is 0 Å². The minimum absolute atomic E-state index is 0.169. The molecular weight excluding hydrogens is 312 g/mol. The molecule has 2 aliphatic rings. The van der Waals surface area contributed by atoms with Gasteiger partial charge in [0.25, 0.3) is 0 Å². The lowest BCUT2D eigenvalue weighted by Gasteiger charge is -2.26.